The predicted molar refractivity (Wildman–Crippen MR) is 141 cm³/mol. The normalized spacial score (nSPS) is 11.5. The average Bonchev–Trinajstić information content (AvgIpc) is 2.86. The summed E-state index contributed by atoms with van der Waals surface area (Å²) in [7, 11) is 0. The largest absolute Gasteiger partial charge is 0.482 e. The molecular formula is C28H30Cl2N2O3. The molecule has 5 nitrogen and oxygen atoms in total. The molecule has 2 amide bonds. The molecule has 3 aromatic carbocycles. The number of para-hydroxylation sites is 1. The number of halogens is 2. The highest BCUT2D eigenvalue weighted by Gasteiger charge is 2.30. The third kappa shape index (κ3) is 8.30. The van der Waals surface area contributed by atoms with Crippen molar-refractivity contribution in [3.05, 3.63) is 100 Å². The lowest BCUT2D eigenvalue weighted by molar-refractivity contribution is -0.142. The van der Waals surface area contributed by atoms with Crippen molar-refractivity contribution in [1.82, 2.24) is 10.2 Å². The fourth-order valence-corrected chi connectivity index (χ4v) is 4.08. The van der Waals surface area contributed by atoms with Gasteiger partial charge in [0.25, 0.3) is 5.91 Å². The number of hydrogen-bond acceptors (Lipinski definition) is 3. The van der Waals surface area contributed by atoms with E-state index in [9.17, 15) is 9.59 Å². The highest BCUT2D eigenvalue weighted by molar-refractivity contribution is 6.32. The van der Waals surface area contributed by atoms with E-state index < -0.39 is 6.04 Å². The number of hydrogen-bond donors (Lipinski definition) is 1. The Labute approximate surface area is 217 Å². The molecule has 1 N–H and O–H groups in total. The molecule has 0 aromatic heterocycles. The molecule has 0 spiro atoms. The van der Waals surface area contributed by atoms with Gasteiger partial charge in [0.1, 0.15) is 11.8 Å². The van der Waals surface area contributed by atoms with Crippen molar-refractivity contribution in [2.75, 3.05) is 13.2 Å². The van der Waals surface area contributed by atoms with E-state index in [-0.39, 0.29) is 25.0 Å². The maximum Gasteiger partial charge on any atom is 0.261 e. The molecule has 0 aliphatic carbocycles. The van der Waals surface area contributed by atoms with Gasteiger partial charge in [0.15, 0.2) is 6.61 Å². The molecule has 0 radical (unpaired) electrons. The summed E-state index contributed by atoms with van der Waals surface area (Å²) < 4.78 is 5.74. The van der Waals surface area contributed by atoms with E-state index in [0.29, 0.717) is 28.8 Å². The Balaban J connectivity index is 1.89. The van der Waals surface area contributed by atoms with E-state index in [0.717, 1.165) is 24.0 Å². The Kier molecular flexibility index (Phi) is 10.5. The van der Waals surface area contributed by atoms with Crippen LogP contribution in [0.1, 0.15) is 30.9 Å². The highest BCUT2D eigenvalue weighted by Crippen LogP contribution is 2.24. The average molecular weight is 513 g/mol. The van der Waals surface area contributed by atoms with Crippen LogP contribution in [0.4, 0.5) is 0 Å². The third-order valence-corrected chi connectivity index (χ3v) is 6.08. The van der Waals surface area contributed by atoms with E-state index in [2.05, 4.69) is 12.2 Å². The van der Waals surface area contributed by atoms with Gasteiger partial charge in [0.2, 0.25) is 5.91 Å². The van der Waals surface area contributed by atoms with Crippen molar-refractivity contribution in [1.29, 1.82) is 0 Å². The summed E-state index contributed by atoms with van der Waals surface area (Å²) in [5, 5.41) is 3.98. The van der Waals surface area contributed by atoms with Crippen LogP contribution in [-0.4, -0.2) is 35.9 Å². The van der Waals surface area contributed by atoms with Crippen molar-refractivity contribution < 1.29 is 14.3 Å². The number of rotatable bonds is 12. The van der Waals surface area contributed by atoms with Gasteiger partial charge in [-0.15, -0.1) is 0 Å². The lowest BCUT2D eigenvalue weighted by Crippen LogP contribution is -2.51. The number of amides is 2. The van der Waals surface area contributed by atoms with Crippen molar-refractivity contribution in [3.8, 4) is 5.75 Å². The molecule has 1 atom stereocenters. The second-order valence-electron chi connectivity index (χ2n) is 8.22. The number of nitrogens with zero attached hydrogens (tertiary/aromatic N) is 1. The Hall–Kier alpha value is -3.02. The number of carbonyl (C=O) groups excluding carboxylic acids is 2. The number of benzene rings is 3. The SMILES string of the molecule is CCCCNC(=O)[C@H](Cc1ccccc1)N(Cc1cccc(Cl)c1)C(=O)COc1ccccc1Cl. The maximum atomic E-state index is 13.5. The second-order valence-corrected chi connectivity index (χ2v) is 9.06. The summed E-state index contributed by atoms with van der Waals surface area (Å²) in [5.41, 5.74) is 1.78. The second kappa shape index (κ2) is 13.8. The minimum atomic E-state index is -0.726. The van der Waals surface area contributed by atoms with Gasteiger partial charge in [-0.2, -0.15) is 0 Å². The van der Waals surface area contributed by atoms with Gasteiger partial charge in [-0.05, 0) is 41.8 Å². The fraction of sp³-hybridized carbons (Fsp3) is 0.286. The third-order valence-electron chi connectivity index (χ3n) is 5.53. The lowest BCUT2D eigenvalue weighted by atomic mass is 10.0. The molecule has 0 saturated heterocycles. The van der Waals surface area contributed by atoms with Crippen LogP contribution >= 0.6 is 23.2 Å². The van der Waals surface area contributed by atoms with Gasteiger partial charge < -0.3 is 15.0 Å². The molecular weight excluding hydrogens is 483 g/mol. The standard InChI is InChI=1S/C28H30Cl2N2O3/c1-2-3-16-31-28(34)25(18-21-10-5-4-6-11-21)32(19-22-12-9-13-23(29)17-22)27(33)20-35-26-15-8-7-14-24(26)30/h4-15,17,25H,2-3,16,18-20H2,1H3,(H,31,34)/t25-/m0/s1. The van der Waals surface area contributed by atoms with E-state index >= 15 is 0 Å². The quantitative estimate of drug-likeness (QED) is 0.306. The topological polar surface area (TPSA) is 58.6 Å². The minimum Gasteiger partial charge on any atom is -0.482 e. The van der Waals surface area contributed by atoms with Gasteiger partial charge in [0, 0.05) is 24.5 Å². The van der Waals surface area contributed by atoms with Crippen LogP contribution in [-0.2, 0) is 22.6 Å². The Bertz CT molecular complexity index is 1110. The zero-order valence-corrected chi connectivity index (χ0v) is 21.3. The van der Waals surface area contributed by atoms with Crippen LogP contribution in [0.3, 0.4) is 0 Å². The molecule has 184 valence electrons. The molecule has 0 fully saturated rings. The monoisotopic (exact) mass is 512 g/mol. The Morgan fingerprint density at radius 1 is 0.943 bits per heavy atom. The van der Waals surface area contributed by atoms with Crippen molar-refractivity contribution >= 4 is 35.0 Å². The van der Waals surface area contributed by atoms with E-state index in [1.807, 2.05) is 42.5 Å². The van der Waals surface area contributed by atoms with Crippen molar-refractivity contribution in [2.24, 2.45) is 0 Å². The smallest absolute Gasteiger partial charge is 0.261 e. The summed E-state index contributed by atoms with van der Waals surface area (Å²) in [4.78, 5) is 28.5. The van der Waals surface area contributed by atoms with Crippen LogP contribution in [0.25, 0.3) is 0 Å². The molecule has 0 aliphatic rings. The summed E-state index contributed by atoms with van der Waals surface area (Å²) in [6.45, 7) is 2.58. The summed E-state index contributed by atoms with van der Waals surface area (Å²) in [5.74, 6) is -0.107. The van der Waals surface area contributed by atoms with Gasteiger partial charge >= 0.3 is 0 Å². The first kappa shape index (κ1) is 26.6. The van der Waals surface area contributed by atoms with E-state index in [4.69, 9.17) is 27.9 Å². The Morgan fingerprint density at radius 2 is 1.66 bits per heavy atom. The van der Waals surface area contributed by atoms with E-state index in [1.165, 1.54) is 0 Å². The van der Waals surface area contributed by atoms with Gasteiger partial charge in [0.05, 0.1) is 5.02 Å². The highest BCUT2D eigenvalue weighted by atomic mass is 35.5. The zero-order chi connectivity index (χ0) is 25.0. The van der Waals surface area contributed by atoms with Crippen molar-refractivity contribution in [3.63, 3.8) is 0 Å². The minimum absolute atomic E-state index is 0.199. The molecule has 7 heteroatoms. The molecule has 3 rings (SSSR count). The Morgan fingerprint density at radius 3 is 2.37 bits per heavy atom. The number of nitrogens with one attached hydrogen (secondary N) is 1. The van der Waals surface area contributed by atoms with Crippen molar-refractivity contribution in [2.45, 2.75) is 38.8 Å². The van der Waals surface area contributed by atoms with Gasteiger partial charge in [-0.3, -0.25) is 9.59 Å². The first-order chi connectivity index (χ1) is 17.0. The van der Waals surface area contributed by atoms with Gasteiger partial charge in [-0.1, -0.05) is 91.1 Å². The summed E-state index contributed by atoms with van der Waals surface area (Å²) >= 11 is 12.4. The van der Waals surface area contributed by atoms with Crippen LogP contribution in [0, 0.1) is 0 Å². The van der Waals surface area contributed by atoms with Crippen LogP contribution in [0.5, 0.6) is 5.75 Å². The van der Waals surface area contributed by atoms with Gasteiger partial charge in [-0.25, -0.2) is 0 Å². The molecule has 0 unspecified atom stereocenters. The maximum absolute atomic E-state index is 13.5. The molecule has 0 bridgehead atoms. The number of ether oxygens (including phenoxy) is 1. The van der Waals surface area contributed by atoms with Crippen LogP contribution < -0.4 is 10.1 Å². The summed E-state index contributed by atoms with van der Waals surface area (Å²) in [6.07, 6.45) is 2.19. The number of carbonyl (C=O) groups is 2. The first-order valence-electron chi connectivity index (χ1n) is 11.7. The lowest BCUT2D eigenvalue weighted by Gasteiger charge is -2.31. The zero-order valence-electron chi connectivity index (χ0n) is 19.8. The summed E-state index contributed by atoms with van der Waals surface area (Å²) in [6, 6.07) is 23.2. The molecule has 0 aliphatic heterocycles. The number of unbranched alkanes of at least 4 members (excludes halogenated alkanes) is 1. The molecule has 35 heavy (non-hydrogen) atoms. The predicted octanol–water partition coefficient (Wildman–Crippen LogP) is 5.93. The fourth-order valence-electron chi connectivity index (χ4n) is 3.68. The molecule has 0 saturated carbocycles. The van der Waals surface area contributed by atoms with E-state index in [1.54, 1.807) is 41.3 Å². The van der Waals surface area contributed by atoms with Crippen LogP contribution in [0.2, 0.25) is 10.0 Å². The first-order valence-corrected chi connectivity index (χ1v) is 12.5. The molecule has 3 aromatic rings. The molecule has 0 heterocycles. The van der Waals surface area contributed by atoms with Crippen LogP contribution in [0.15, 0.2) is 78.9 Å².